The topological polar surface area (TPSA) is 83.9 Å². The van der Waals surface area contributed by atoms with Crippen LogP contribution in [0.2, 0.25) is 5.02 Å². The first-order chi connectivity index (χ1) is 16.0. The molecule has 0 radical (unpaired) electrons. The Balaban J connectivity index is 1.54. The number of amidine groups is 1. The Morgan fingerprint density at radius 2 is 1.97 bits per heavy atom. The summed E-state index contributed by atoms with van der Waals surface area (Å²) in [5.41, 5.74) is 1.92. The van der Waals surface area contributed by atoms with E-state index in [0.29, 0.717) is 21.6 Å². The molecule has 0 aliphatic carbocycles. The summed E-state index contributed by atoms with van der Waals surface area (Å²) in [6.07, 6.45) is 1.66. The maximum atomic E-state index is 13.2. The van der Waals surface area contributed by atoms with Gasteiger partial charge in [-0.3, -0.25) is 19.5 Å². The van der Waals surface area contributed by atoms with Gasteiger partial charge in [0.1, 0.15) is 11.0 Å². The number of aromatic nitrogens is 1. The number of carbonyl (C=O) groups is 2. The number of rotatable bonds is 7. The summed E-state index contributed by atoms with van der Waals surface area (Å²) in [7, 11) is 1.51. The van der Waals surface area contributed by atoms with Crippen molar-refractivity contribution < 1.29 is 14.3 Å². The number of amides is 2. The fourth-order valence-corrected chi connectivity index (χ4v) is 4.61. The monoisotopic (exact) mass is 480 g/mol. The van der Waals surface area contributed by atoms with E-state index in [2.05, 4.69) is 15.3 Å². The molecule has 33 heavy (non-hydrogen) atoms. The Morgan fingerprint density at radius 3 is 2.70 bits per heavy atom. The van der Waals surface area contributed by atoms with Crippen LogP contribution in [0.15, 0.2) is 77.9 Å². The standard InChI is InChI=1S/C24H21ClN4O3S/c1-32-20-11-10-16(25)13-19(20)28-22(30)14-21-23(31)29(15-18-9-5-6-12-26-18)24(33-21)27-17-7-3-2-4-8-17/h2-13,21H,14-15H2,1H3,(H,28,30). The van der Waals surface area contributed by atoms with E-state index >= 15 is 0 Å². The molecule has 3 aromatic rings. The average Bonchev–Trinajstić information content (AvgIpc) is 3.09. The van der Waals surface area contributed by atoms with E-state index in [1.165, 1.54) is 18.9 Å². The van der Waals surface area contributed by atoms with Crippen LogP contribution in [0.25, 0.3) is 0 Å². The summed E-state index contributed by atoms with van der Waals surface area (Å²) in [6, 6.07) is 19.9. The summed E-state index contributed by atoms with van der Waals surface area (Å²) in [5, 5.41) is 3.19. The second kappa shape index (κ2) is 10.5. The number of nitrogens with zero attached hydrogens (tertiary/aromatic N) is 3. The normalized spacial score (nSPS) is 16.8. The highest BCUT2D eigenvalue weighted by Gasteiger charge is 2.39. The van der Waals surface area contributed by atoms with Crippen molar-refractivity contribution in [2.24, 2.45) is 4.99 Å². The van der Waals surface area contributed by atoms with Gasteiger partial charge in [0.2, 0.25) is 11.8 Å². The average molecular weight is 481 g/mol. The first-order valence-electron chi connectivity index (χ1n) is 10.2. The summed E-state index contributed by atoms with van der Waals surface area (Å²) in [6.45, 7) is 0.276. The summed E-state index contributed by atoms with van der Waals surface area (Å²) < 4.78 is 5.28. The van der Waals surface area contributed by atoms with Gasteiger partial charge in [0, 0.05) is 17.6 Å². The van der Waals surface area contributed by atoms with Crippen LogP contribution in [-0.2, 0) is 16.1 Å². The number of carbonyl (C=O) groups excluding carboxylic acids is 2. The van der Waals surface area contributed by atoms with Gasteiger partial charge in [0.05, 0.1) is 30.7 Å². The van der Waals surface area contributed by atoms with Crippen molar-refractivity contribution in [3.63, 3.8) is 0 Å². The number of nitrogens with one attached hydrogen (secondary N) is 1. The molecule has 2 amide bonds. The molecule has 1 fully saturated rings. The number of thioether (sulfide) groups is 1. The number of benzene rings is 2. The molecule has 1 aliphatic heterocycles. The number of hydrogen-bond donors (Lipinski definition) is 1. The highest BCUT2D eigenvalue weighted by Crippen LogP contribution is 2.33. The molecular formula is C24H21ClN4O3S. The molecule has 9 heteroatoms. The zero-order valence-corrected chi connectivity index (χ0v) is 19.3. The lowest BCUT2D eigenvalue weighted by molar-refractivity contribution is -0.128. The number of methoxy groups -OCH3 is 1. The van der Waals surface area contributed by atoms with E-state index in [9.17, 15) is 9.59 Å². The van der Waals surface area contributed by atoms with Crippen LogP contribution in [0.1, 0.15) is 12.1 Å². The molecular weight excluding hydrogens is 460 g/mol. The summed E-state index contributed by atoms with van der Waals surface area (Å²) in [5.74, 6) is -0.0185. The third kappa shape index (κ3) is 5.71. The van der Waals surface area contributed by atoms with Gasteiger partial charge in [-0.05, 0) is 42.5 Å². The van der Waals surface area contributed by atoms with Crippen LogP contribution >= 0.6 is 23.4 Å². The van der Waals surface area contributed by atoms with Crippen LogP contribution in [0.4, 0.5) is 11.4 Å². The van der Waals surface area contributed by atoms with Crippen molar-refractivity contribution in [2.45, 2.75) is 18.2 Å². The minimum Gasteiger partial charge on any atom is -0.495 e. The molecule has 0 spiro atoms. The molecule has 2 heterocycles. The van der Waals surface area contributed by atoms with Gasteiger partial charge in [-0.15, -0.1) is 0 Å². The van der Waals surface area contributed by atoms with E-state index in [0.717, 1.165) is 11.4 Å². The molecule has 1 atom stereocenters. The van der Waals surface area contributed by atoms with Crippen molar-refractivity contribution in [1.29, 1.82) is 0 Å². The molecule has 0 saturated carbocycles. The number of pyridine rings is 1. The van der Waals surface area contributed by atoms with Crippen LogP contribution in [0.5, 0.6) is 5.75 Å². The van der Waals surface area contributed by atoms with Gasteiger partial charge in [0.15, 0.2) is 5.17 Å². The van der Waals surface area contributed by atoms with E-state index < -0.39 is 5.25 Å². The van der Waals surface area contributed by atoms with Crippen molar-refractivity contribution >= 4 is 51.7 Å². The Hall–Kier alpha value is -3.36. The van der Waals surface area contributed by atoms with Crippen LogP contribution in [0.3, 0.4) is 0 Å². The highest BCUT2D eigenvalue weighted by molar-refractivity contribution is 8.15. The molecule has 7 nitrogen and oxygen atoms in total. The quantitative estimate of drug-likeness (QED) is 0.519. The maximum Gasteiger partial charge on any atom is 0.243 e. The largest absolute Gasteiger partial charge is 0.495 e. The van der Waals surface area contributed by atoms with Gasteiger partial charge in [-0.1, -0.05) is 47.6 Å². The van der Waals surface area contributed by atoms with E-state index in [-0.39, 0.29) is 24.8 Å². The van der Waals surface area contributed by atoms with Gasteiger partial charge in [-0.25, -0.2) is 4.99 Å². The van der Waals surface area contributed by atoms with Crippen LogP contribution in [-0.4, -0.2) is 39.2 Å². The Kier molecular flexibility index (Phi) is 7.26. The number of hydrogen-bond acceptors (Lipinski definition) is 6. The molecule has 2 aromatic carbocycles. The minimum atomic E-state index is -0.610. The molecule has 1 aromatic heterocycles. The lowest BCUT2D eigenvalue weighted by Gasteiger charge is -2.16. The predicted octanol–water partition coefficient (Wildman–Crippen LogP) is 4.90. The first-order valence-corrected chi connectivity index (χ1v) is 11.4. The Labute approximate surface area is 200 Å². The number of aliphatic imine (C=N–C) groups is 1. The summed E-state index contributed by atoms with van der Waals surface area (Å²) >= 11 is 7.32. The summed E-state index contributed by atoms with van der Waals surface area (Å²) in [4.78, 5) is 36.6. The van der Waals surface area contributed by atoms with Gasteiger partial charge < -0.3 is 10.1 Å². The van der Waals surface area contributed by atoms with Gasteiger partial charge in [-0.2, -0.15) is 0 Å². The number of ether oxygens (including phenoxy) is 1. The predicted molar refractivity (Wildman–Crippen MR) is 131 cm³/mol. The molecule has 1 N–H and O–H groups in total. The third-order valence-electron chi connectivity index (χ3n) is 4.85. The fraction of sp³-hybridized carbons (Fsp3) is 0.167. The molecule has 4 rings (SSSR count). The Bertz CT molecular complexity index is 1170. The number of anilines is 1. The van der Waals surface area contributed by atoms with E-state index in [4.69, 9.17) is 16.3 Å². The van der Waals surface area contributed by atoms with Gasteiger partial charge in [0.25, 0.3) is 0 Å². The van der Waals surface area contributed by atoms with E-state index in [1.54, 1.807) is 29.3 Å². The van der Waals surface area contributed by atoms with E-state index in [1.807, 2.05) is 48.5 Å². The van der Waals surface area contributed by atoms with Crippen molar-refractivity contribution in [1.82, 2.24) is 9.88 Å². The minimum absolute atomic E-state index is 0.0221. The van der Waals surface area contributed by atoms with Crippen molar-refractivity contribution in [3.05, 3.63) is 83.6 Å². The van der Waals surface area contributed by atoms with Crippen LogP contribution in [0, 0.1) is 0 Å². The van der Waals surface area contributed by atoms with Crippen LogP contribution < -0.4 is 10.1 Å². The molecule has 0 bridgehead atoms. The third-order valence-corrected chi connectivity index (χ3v) is 6.26. The number of para-hydroxylation sites is 1. The fourth-order valence-electron chi connectivity index (χ4n) is 3.28. The Morgan fingerprint density at radius 1 is 1.18 bits per heavy atom. The number of halogens is 1. The zero-order valence-electron chi connectivity index (χ0n) is 17.8. The lowest BCUT2D eigenvalue weighted by atomic mass is 10.2. The molecule has 1 saturated heterocycles. The van der Waals surface area contributed by atoms with Crippen molar-refractivity contribution in [2.75, 3.05) is 12.4 Å². The molecule has 1 aliphatic rings. The first kappa shape index (κ1) is 22.8. The zero-order chi connectivity index (χ0) is 23.2. The molecule has 168 valence electrons. The van der Waals surface area contributed by atoms with Gasteiger partial charge >= 0.3 is 0 Å². The lowest BCUT2D eigenvalue weighted by Crippen LogP contribution is -2.33. The second-order valence-electron chi connectivity index (χ2n) is 7.18. The highest BCUT2D eigenvalue weighted by atomic mass is 35.5. The maximum absolute atomic E-state index is 13.2. The molecule has 1 unspecified atom stereocenters. The van der Waals surface area contributed by atoms with Crippen molar-refractivity contribution in [3.8, 4) is 5.75 Å². The second-order valence-corrected chi connectivity index (χ2v) is 8.79. The smallest absolute Gasteiger partial charge is 0.243 e. The SMILES string of the molecule is COc1ccc(Cl)cc1NC(=O)CC1SC(=Nc2ccccc2)N(Cc2ccccn2)C1=O.